The predicted octanol–water partition coefficient (Wildman–Crippen LogP) is 3.29. The lowest BCUT2D eigenvalue weighted by atomic mass is 10.1. The molecule has 0 unspecified atom stereocenters. The van der Waals surface area contributed by atoms with Gasteiger partial charge in [-0.3, -0.25) is 5.32 Å². The first-order valence-corrected chi connectivity index (χ1v) is 11.7. The highest BCUT2D eigenvalue weighted by atomic mass is 32.2. The summed E-state index contributed by atoms with van der Waals surface area (Å²) >= 11 is 0.816. The van der Waals surface area contributed by atoms with Crippen LogP contribution < -0.4 is 5.32 Å². The van der Waals surface area contributed by atoms with E-state index in [-0.39, 0.29) is 33.6 Å². The van der Waals surface area contributed by atoms with Gasteiger partial charge < -0.3 is 9.47 Å². The number of fused-ring (bicyclic) bond motifs is 1. The van der Waals surface area contributed by atoms with Crippen LogP contribution in [0.25, 0.3) is 0 Å². The van der Waals surface area contributed by atoms with Crippen LogP contribution in [-0.2, 0) is 30.9 Å². The number of anilines is 1. The van der Waals surface area contributed by atoms with E-state index in [1.165, 1.54) is 20.8 Å². The van der Waals surface area contributed by atoms with E-state index in [2.05, 4.69) is 5.32 Å². The SMILES string of the molecule is CCOC(=O)c1sc2c(c1C)S(=O)(=O)N(C(C)(C)C(=O)OCc1ccccc1)C(=O)N2. The lowest BCUT2D eigenvalue weighted by Gasteiger charge is -2.37. The number of thiophene rings is 1. The number of nitrogens with one attached hydrogen (secondary N) is 1. The fraction of sp³-hybridized carbons (Fsp3) is 0.350. The molecule has 0 saturated heterocycles. The summed E-state index contributed by atoms with van der Waals surface area (Å²) in [6.07, 6.45) is 0. The number of benzene rings is 1. The van der Waals surface area contributed by atoms with Crippen molar-refractivity contribution in [1.29, 1.82) is 0 Å². The van der Waals surface area contributed by atoms with Crippen molar-refractivity contribution in [2.45, 2.75) is 44.7 Å². The van der Waals surface area contributed by atoms with Crippen molar-refractivity contribution < 1.29 is 32.3 Å². The quantitative estimate of drug-likeness (QED) is 0.649. The molecule has 0 saturated carbocycles. The molecule has 166 valence electrons. The van der Waals surface area contributed by atoms with Gasteiger partial charge in [0.15, 0.2) is 5.54 Å². The first-order chi connectivity index (χ1) is 14.5. The Hall–Kier alpha value is -2.92. The van der Waals surface area contributed by atoms with Crippen molar-refractivity contribution in [2.75, 3.05) is 11.9 Å². The number of esters is 2. The third-order valence-electron chi connectivity index (χ3n) is 4.68. The average molecular weight is 467 g/mol. The standard InChI is InChI=1S/C20H22N2O7S2/c1-5-28-17(23)14-12(2)15-16(30-14)21-19(25)22(31(15,26)27)20(3,4)18(24)29-11-13-9-7-6-8-10-13/h6-10H,5,11H2,1-4H3,(H,21,25). The molecule has 0 spiro atoms. The van der Waals surface area contributed by atoms with Gasteiger partial charge in [0.1, 0.15) is 21.4 Å². The van der Waals surface area contributed by atoms with Gasteiger partial charge in [0.05, 0.1) is 6.61 Å². The van der Waals surface area contributed by atoms with E-state index in [1.807, 2.05) is 6.07 Å². The lowest BCUT2D eigenvalue weighted by Crippen LogP contribution is -2.59. The molecule has 1 aliphatic heterocycles. The van der Waals surface area contributed by atoms with Crippen LogP contribution in [0.5, 0.6) is 0 Å². The third-order valence-corrected chi connectivity index (χ3v) is 8.12. The van der Waals surface area contributed by atoms with Crippen LogP contribution in [-0.4, -0.2) is 42.8 Å². The number of carbonyl (C=O) groups excluding carboxylic acids is 3. The molecule has 0 bridgehead atoms. The van der Waals surface area contributed by atoms with Crippen LogP contribution >= 0.6 is 11.3 Å². The van der Waals surface area contributed by atoms with Crippen molar-refractivity contribution in [3.63, 3.8) is 0 Å². The molecular formula is C20H22N2O7S2. The maximum absolute atomic E-state index is 13.4. The van der Waals surface area contributed by atoms with Crippen LogP contribution in [0.1, 0.15) is 41.6 Å². The maximum atomic E-state index is 13.4. The van der Waals surface area contributed by atoms with E-state index >= 15 is 0 Å². The molecule has 0 aliphatic carbocycles. The number of hydrogen-bond donors (Lipinski definition) is 1. The zero-order chi connectivity index (χ0) is 23.0. The zero-order valence-electron chi connectivity index (χ0n) is 17.4. The summed E-state index contributed by atoms with van der Waals surface area (Å²) in [6.45, 7) is 5.70. The van der Waals surface area contributed by atoms with Crippen molar-refractivity contribution in [1.82, 2.24) is 4.31 Å². The maximum Gasteiger partial charge on any atom is 0.348 e. The van der Waals surface area contributed by atoms with Gasteiger partial charge in [-0.2, -0.15) is 4.31 Å². The second-order valence-electron chi connectivity index (χ2n) is 7.26. The third kappa shape index (κ3) is 4.02. The summed E-state index contributed by atoms with van der Waals surface area (Å²) in [4.78, 5) is 37.5. The molecule has 2 amide bonds. The van der Waals surface area contributed by atoms with Gasteiger partial charge in [0.25, 0.3) is 10.0 Å². The number of ether oxygens (including phenoxy) is 2. The molecule has 31 heavy (non-hydrogen) atoms. The molecule has 0 fully saturated rings. The van der Waals surface area contributed by atoms with Crippen molar-refractivity contribution in [2.24, 2.45) is 0 Å². The van der Waals surface area contributed by atoms with Gasteiger partial charge in [-0.05, 0) is 38.8 Å². The number of nitrogens with zero attached hydrogens (tertiary/aromatic N) is 1. The van der Waals surface area contributed by atoms with Crippen molar-refractivity contribution in [3.05, 3.63) is 46.3 Å². The minimum atomic E-state index is -4.45. The lowest BCUT2D eigenvalue weighted by molar-refractivity contribution is -0.153. The van der Waals surface area contributed by atoms with E-state index in [0.717, 1.165) is 11.3 Å². The molecule has 3 rings (SSSR count). The minimum absolute atomic E-state index is 0.00950. The molecule has 0 radical (unpaired) electrons. The minimum Gasteiger partial charge on any atom is -0.462 e. The molecule has 11 heteroatoms. The Bertz CT molecular complexity index is 1140. The number of urea groups is 1. The molecule has 1 aromatic carbocycles. The Morgan fingerprint density at radius 1 is 1.16 bits per heavy atom. The molecular weight excluding hydrogens is 444 g/mol. The monoisotopic (exact) mass is 466 g/mol. The van der Waals surface area contributed by atoms with Crippen molar-refractivity contribution in [3.8, 4) is 0 Å². The Morgan fingerprint density at radius 2 is 1.81 bits per heavy atom. The summed E-state index contributed by atoms with van der Waals surface area (Å²) in [5, 5.41) is 2.48. The summed E-state index contributed by atoms with van der Waals surface area (Å²) in [7, 11) is -4.45. The Kier molecular flexibility index (Phi) is 6.10. The highest BCUT2D eigenvalue weighted by Gasteiger charge is 2.52. The zero-order valence-corrected chi connectivity index (χ0v) is 19.1. The van der Waals surface area contributed by atoms with E-state index < -0.39 is 33.5 Å². The number of rotatable bonds is 6. The van der Waals surface area contributed by atoms with Crippen LogP contribution in [0.3, 0.4) is 0 Å². The van der Waals surface area contributed by atoms with Gasteiger partial charge in [0, 0.05) is 0 Å². The predicted molar refractivity (Wildman–Crippen MR) is 113 cm³/mol. The first-order valence-electron chi connectivity index (χ1n) is 9.39. The Morgan fingerprint density at radius 3 is 2.42 bits per heavy atom. The molecule has 2 heterocycles. The number of carbonyl (C=O) groups is 3. The van der Waals surface area contributed by atoms with Gasteiger partial charge in [-0.1, -0.05) is 30.3 Å². The molecule has 2 aromatic rings. The second kappa shape index (κ2) is 8.31. The fourth-order valence-corrected chi connectivity index (χ4v) is 6.56. The van der Waals surface area contributed by atoms with Crippen LogP contribution in [0.2, 0.25) is 0 Å². The molecule has 1 N–H and O–H groups in total. The average Bonchev–Trinajstić information content (AvgIpc) is 3.03. The molecule has 9 nitrogen and oxygen atoms in total. The number of hydrogen-bond acceptors (Lipinski definition) is 8. The van der Waals surface area contributed by atoms with Gasteiger partial charge >= 0.3 is 18.0 Å². The Balaban J connectivity index is 1.94. The van der Waals surface area contributed by atoms with Crippen LogP contribution in [0.4, 0.5) is 9.80 Å². The topological polar surface area (TPSA) is 119 Å². The van der Waals surface area contributed by atoms with E-state index in [1.54, 1.807) is 31.2 Å². The number of sulfonamides is 1. The van der Waals surface area contributed by atoms with Crippen LogP contribution in [0.15, 0.2) is 35.2 Å². The van der Waals surface area contributed by atoms with Gasteiger partial charge in [0.2, 0.25) is 0 Å². The normalized spacial score (nSPS) is 15.1. The fourth-order valence-electron chi connectivity index (χ4n) is 3.17. The highest BCUT2D eigenvalue weighted by molar-refractivity contribution is 7.90. The molecule has 1 aliphatic rings. The highest BCUT2D eigenvalue weighted by Crippen LogP contribution is 2.43. The summed E-state index contributed by atoms with van der Waals surface area (Å²) in [5.41, 5.74) is -0.974. The summed E-state index contributed by atoms with van der Waals surface area (Å²) in [5.74, 6) is -1.58. The van der Waals surface area contributed by atoms with Crippen molar-refractivity contribution >= 4 is 44.3 Å². The number of amides is 2. The second-order valence-corrected chi connectivity index (χ2v) is 10.00. The van der Waals surface area contributed by atoms with Gasteiger partial charge in [-0.25, -0.2) is 22.8 Å². The van der Waals surface area contributed by atoms with Gasteiger partial charge in [-0.15, -0.1) is 11.3 Å². The summed E-state index contributed by atoms with van der Waals surface area (Å²) < 4.78 is 37.4. The molecule has 1 aromatic heterocycles. The van der Waals surface area contributed by atoms with E-state index in [4.69, 9.17) is 9.47 Å². The molecule has 0 atom stereocenters. The van der Waals surface area contributed by atoms with E-state index in [9.17, 15) is 22.8 Å². The first kappa shape index (κ1) is 22.8. The van der Waals surface area contributed by atoms with E-state index in [0.29, 0.717) is 9.87 Å². The smallest absolute Gasteiger partial charge is 0.348 e. The largest absolute Gasteiger partial charge is 0.462 e. The van der Waals surface area contributed by atoms with Crippen LogP contribution in [0, 0.1) is 6.92 Å². The summed E-state index contributed by atoms with van der Waals surface area (Å²) in [6, 6.07) is 7.86. The Labute approximate surface area is 184 Å².